The fourth-order valence-corrected chi connectivity index (χ4v) is 5.73. The second-order valence-corrected chi connectivity index (χ2v) is 11.0. The van der Waals surface area contributed by atoms with Crippen LogP contribution in [0.15, 0.2) is 18.3 Å². The molecule has 0 saturated carbocycles. The Kier molecular flexibility index (Phi) is 6.79. The van der Waals surface area contributed by atoms with Gasteiger partial charge in [-0.25, -0.2) is 36.9 Å². The van der Waals surface area contributed by atoms with Crippen molar-refractivity contribution in [3.8, 4) is 11.5 Å². The van der Waals surface area contributed by atoms with Crippen LogP contribution in [0.4, 0.5) is 4.39 Å². The average molecular weight is 481 g/mol. The van der Waals surface area contributed by atoms with E-state index in [1.807, 2.05) is 11.6 Å². The van der Waals surface area contributed by atoms with Crippen LogP contribution in [0.25, 0.3) is 11.5 Å². The van der Waals surface area contributed by atoms with Gasteiger partial charge in [0.05, 0.1) is 17.6 Å². The largest absolute Gasteiger partial charge is 0.339 e. The number of pyridine rings is 1. The highest BCUT2D eigenvalue weighted by Gasteiger charge is 2.35. The van der Waals surface area contributed by atoms with Gasteiger partial charge in [0.2, 0.25) is 10.0 Å². The summed E-state index contributed by atoms with van der Waals surface area (Å²) in [6, 6.07) is 2.76. The van der Waals surface area contributed by atoms with Gasteiger partial charge in [0, 0.05) is 25.6 Å². The number of nitrogens with two attached hydrogens (primary N) is 1. The number of hydrogen-bond donors (Lipinski definition) is 3. The van der Waals surface area contributed by atoms with Gasteiger partial charge in [0.15, 0.2) is 11.0 Å². The van der Waals surface area contributed by atoms with Crippen molar-refractivity contribution in [3.63, 3.8) is 0 Å². The van der Waals surface area contributed by atoms with Gasteiger partial charge in [-0.15, -0.1) is 0 Å². The zero-order valence-corrected chi connectivity index (χ0v) is 18.4. The highest BCUT2D eigenvalue weighted by atomic mass is 35.5. The number of rotatable bonds is 7. The van der Waals surface area contributed by atoms with Gasteiger partial charge >= 0.3 is 0 Å². The normalized spacial score (nSPS) is 21.1. The number of piperidine rings is 1. The first-order valence-electron chi connectivity index (χ1n) is 9.09. The molecule has 0 aliphatic carbocycles. The summed E-state index contributed by atoms with van der Waals surface area (Å²) in [6.07, 6.45) is 1.59. The van der Waals surface area contributed by atoms with Gasteiger partial charge in [-0.1, -0.05) is 18.5 Å². The molecule has 2 aromatic heterocycles. The summed E-state index contributed by atoms with van der Waals surface area (Å²) < 4.78 is 63.2. The van der Waals surface area contributed by atoms with Gasteiger partial charge < -0.3 is 4.98 Å². The third-order valence-electron chi connectivity index (χ3n) is 4.95. The van der Waals surface area contributed by atoms with Crippen LogP contribution in [0.5, 0.6) is 0 Å². The molecule has 30 heavy (non-hydrogen) atoms. The zero-order valence-electron chi connectivity index (χ0n) is 16.0. The molecular formula is C16H22ClFN6O4S2. The van der Waals surface area contributed by atoms with Crippen LogP contribution in [-0.4, -0.2) is 61.5 Å². The minimum atomic E-state index is -3.95. The molecule has 0 radical (unpaired) electrons. The number of halogens is 2. The van der Waals surface area contributed by atoms with E-state index >= 15 is 0 Å². The van der Waals surface area contributed by atoms with E-state index in [2.05, 4.69) is 15.0 Å². The smallest absolute Gasteiger partial charge is 0.274 e. The monoisotopic (exact) mass is 480 g/mol. The summed E-state index contributed by atoms with van der Waals surface area (Å²) in [6.45, 7) is 2.12. The lowest BCUT2D eigenvalue weighted by atomic mass is 9.86. The molecule has 4 N–H and O–H groups in total. The van der Waals surface area contributed by atoms with Crippen molar-refractivity contribution in [1.29, 1.82) is 0 Å². The molecule has 0 unspecified atom stereocenters. The van der Waals surface area contributed by atoms with E-state index in [4.69, 9.17) is 16.7 Å². The molecule has 1 aliphatic heterocycles. The SMILES string of the molecule is C[C@H]1CN(S(=O)(=O)CCNS(N)(=O)=O)CC[C@H]1c1[nH]c(-c2ccc(F)cn2)nc1Cl. The molecule has 0 amide bonds. The lowest BCUT2D eigenvalue weighted by Gasteiger charge is -2.35. The lowest BCUT2D eigenvalue weighted by molar-refractivity contribution is 0.246. The molecule has 10 nitrogen and oxygen atoms in total. The van der Waals surface area contributed by atoms with Crippen molar-refractivity contribution >= 4 is 31.8 Å². The second-order valence-electron chi connectivity index (χ2n) is 7.14. The molecule has 0 aromatic carbocycles. The maximum Gasteiger partial charge on any atom is 0.274 e. The third kappa shape index (κ3) is 5.53. The van der Waals surface area contributed by atoms with Crippen molar-refractivity contribution in [3.05, 3.63) is 35.0 Å². The van der Waals surface area contributed by atoms with Crippen molar-refractivity contribution < 1.29 is 21.2 Å². The predicted octanol–water partition coefficient (Wildman–Crippen LogP) is 0.813. The van der Waals surface area contributed by atoms with Crippen LogP contribution >= 0.6 is 11.6 Å². The minimum absolute atomic E-state index is 0.0619. The Morgan fingerprint density at radius 2 is 2.10 bits per heavy atom. The molecule has 2 aromatic rings. The number of nitrogens with one attached hydrogen (secondary N) is 2. The van der Waals surface area contributed by atoms with E-state index in [0.29, 0.717) is 23.6 Å². The Hall–Kier alpha value is -1.64. The molecule has 1 saturated heterocycles. The van der Waals surface area contributed by atoms with Crippen molar-refractivity contribution in [2.24, 2.45) is 11.1 Å². The standard InChI is InChI=1S/C16H22ClFN6O4S2/c1-10-9-24(29(25,26)7-5-21-30(19,27)28)6-4-12(10)14-15(17)23-16(22-14)13-3-2-11(18)8-20-13/h2-3,8,10,12,21H,4-7,9H2,1H3,(H,22,23)(H2,19,27,28)/t10-,12+/m0/s1. The van der Waals surface area contributed by atoms with Crippen LogP contribution in [0, 0.1) is 11.7 Å². The Balaban J connectivity index is 1.69. The summed E-state index contributed by atoms with van der Waals surface area (Å²) in [4.78, 5) is 11.4. The number of imidazole rings is 1. The number of aromatic nitrogens is 3. The van der Waals surface area contributed by atoms with E-state index < -0.39 is 26.0 Å². The first kappa shape index (κ1) is 23.0. The van der Waals surface area contributed by atoms with Gasteiger partial charge in [0.1, 0.15) is 11.5 Å². The van der Waals surface area contributed by atoms with Crippen molar-refractivity contribution in [2.75, 3.05) is 25.4 Å². The van der Waals surface area contributed by atoms with Crippen LogP contribution in [-0.2, 0) is 20.2 Å². The quantitative estimate of drug-likeness (QED) is 0.533. The van der Waals surface area contributed by atoms with Crippen LogP contribution in [0.2, 0.25) is 5.15 Å². The summed E-state index contributed by atoms with van der Waals surface area (Å²) in [5.41, 5.74) is 1.12. The molecule has 2 atom stereocenters. The van der Waals surface area contributed by atoms with Crippen molar-refractivity contribution in [1.82, 2.24) is 24.0 Å². The molecule has 0 spiro atoms. The average Bonchev–Trinajstić information content (AvgIpc) is 3.02. The first-order valence-corrected chi connectivity index (χ1v) is 12.6. The number of hydrogen-bond acceptors (Lipinski definition) is 6. The summed E-state index contributed by atoms with van der Waals surface area (Å²) in [7, 11) is -7.60. The fourth-order valence-electron chi connectivity index (χ4n) is 3.48. The lowest BCUT2D eigenvalue weighted by Crippen LogP contribution is -2.45. The minimum Gasteiger partial charge on any atom is -0.339 e. The summed E-state index contributed by atoms with van der Waals surface area (Å²) in [5.74, 6) is -0.573. The Morgan fingerprint density at radius 1 is 1.37 bits per heavy atom. The molecule has 0 bridgehead atoms. The Labute approximate surface area is 179 Å². The second kappa shape index (κ2) is 8.85. The van der Waals surface area contributed by atoms with Gasteiger partial charge in [-0.3, -0.25) is 0 Å². The van der Waals surface area contributed by atoms with Crippen LogP contribution < -0.4 is 9.86 Å². The number of nitrogens with zero attached hydrogens (tertiary/aromatic N) is 3. The predicted molar refractivity (Wildman–Crippen MR) is 110 cm³/mol. The highest BCUT2D eigenvalue weighted by Crippen LogP contribution is 2.37. The molecule has 166 valence electrons. The Morgan fingerprint density at radius 3 is 2.70 bits per heavy atom. The molecule has 3 heterocycles. The molecule has 1 fully saturated rings. The summed E-state index contributed by atoms with van der Waals surface area (Å²) >= 11 is 6.31. The van der Waals surface area contributed by atoms with Crippen LogP contribution in [0.1, 0.15) is 25.0 Å². The van der Waals surface area contributed by atoms with E-state index in [0.717, 1.165) is 6.20 Å². The highest BCUT2D eigenvalue weighted by molar-refractivity contribution is 7.89. The fraction of sp³-hybridized carbons (Fsp3) is 0.500. The first-order chi connectivity index (χ1) is 14.0. The van der Waals surface area contributed by atoms with Crippen molar-refractivity contribution in [2.45, 2.75) is 19.3 Å². The zero-order chi connectivity index (χ0) is 22.1. The maximum atomic E-state index is 13.1. The van der Waals surface area contributed by atoms with E-state index in [9.17, 15) is 21.2 Å². The van der Waals surface area contributed by atoms with Gasteiger partial charge in [-0.2, -0.15) is 8.42 Å². The molecule has 1 aliphatic rings. The number of sulfonamides is 1. The topological polar surface area (TPSA) is 151 Å². The molecular weight excluding hydrogens is 459 g/mol. The summed E-state index contributed by atoms with van der Waals surface area (Å²) in [5, 5.41) is 5.09. The molecule has 3 rings (SSSR count). The van der Waals surface area contributed by atoms with E-state index in [1.165, 1.54) is 16.4 Å². The van der Waals surface area contributed by atoms with Gasteiger partial charge in [-0.05, 0) is 24.5 Å². The van der Waals surface area contributed by atoms with Crippen LogP contribution in [0.3, 0.4) is 0 Å². The Bertz CT molecular complexity index is 1110. The number of H-pyrrole nitrogens is 1. The molecule has 14 heteroatoms. The van der Waals surface area contributed by atoms with Gasteiger partial charge in [0.25, 0.3) is 10.2 Å². The van der Waals surface area contributed by atoms with E-state index in [1.54, 1.807) is 0 Å². The number of aromatic amines is 1. The maximum absolute atomic E-state index is 13.1. The van der Waals surface area contributed by atoms with E-state index in [-0.39, 0.29) is 42.4 Å². The third-order valence-corrected chi connectivity index (χ3v) is 7.68.